The van der Waals surface area contributed by atoms with E-state index in [4.69, 9.17) is 0 Å². The molecule has 1 fully saturated rings. The summed E-state index contributed by atoms with van der Waals surface area (Å²) in [6, 6.07) is 19.9. The minimum absolute atomic E-state index is 0.925. The Morgan fingerprint density at radius 2 is 1.52 bits per heavy atom. The van der Waals surface area contributed by atoms with E-state index in [1.807, 2.05) is 6.08 Å². The Labute approximate surface area is 150 Å². The fourth-order valence-corrected chi connectivity index (χ4v) is 4.03. The van der Waals surface area contributed by atoms with Crippen molar-refractivity contribution in [3.63, 3.8) is 0 Å². The van der Waals surface area contributed by atoms with Crippen molar-refractivity contribution in [1.82, 2.24) is 0 Å². The molecule has 1 aliphatic rings. The van der Waals surface area contributed by atoms with E-state index in [1.54, 1.807) is 0 Å². The van der Waals surface area contributed by atoms with Crippen molar-refractivity contribution in [1.29, 1.82) is 0 Å². The van der Waals surface area contributed by atoms with Gasteiger partial charge in [0.15, 0.2) is 0 Å². The van der Waals surface area contributed by atoms with Gasteiger partial charge < -0.3 is 0 Å². The third kappa shape index (κ3) is 2.91. The van der Waals surface area contributed by atoms with Crippen molar-refractivity contribution >= 4 is 32.3 Å². The van der Waals surface area contributed by atoms with Crippen LogP contribution in [0.2, 0.25) is 0 Å². The quantitative estimate of drug-likeness (QED) is 0.270. The number of hydrogen-bond donors (Lipinski definition) is 0. The van der Waals surface area contributed by atoms with Gasteiger partial charge in [0.05, 0.1) is 0 Å². The maximum atomic E-state index is 3.87. The average molecular weight is 326 g/mol. The molecule has 4 aromatic rings. The summed E-state index contributed by atoms with van der Waals surface area (Å²) >= 11 is 0. The molecule has 0 amide bonds. The zero-order valence-electron chi connectivity index (χ0n) is 15.1. The van der Waals surface area contributed by atoms with Crippen LogP contribution >= 0.6 is 0 Å². The van der Waals surface area contributed by atoms with Crippen molar-refractivity contribution in [2.24, 2.45) is 5.92 Å². The number of benzene rings is 4. The lowest BCUT2D eigenvalue weighted by atomic mass is 9.84. The highest BCUT2D eigenvalue weighted by atomic mass is 14.2. The van der Waals surface area contributed by atoms with Gasteiger partial charge in [-0.15, -0.1) is 6.58 Å². The van der Waals surface area contributed by atoms with Crippen molar-refractivity contribution in [2.75, 3.05) is 0 Å². The Balaban J connectivity index is 0.000000223. The summed E-state index contributed by atoms with van der Waals surface area (Å²) in [5.41, 5.74) is 1.36. The largest absolute Gasteiger partial charge is 0.103 e. The first-order chi connectivity index (χ1) is 12.3. The summed E-state index contributed by atoms with van der Waals surface area (Å²) < 4.78 is 0. The van der Waals surface area contributed by atoms with E-state index >= 15 is 0 Å². The van der Waals surface area contributed by atoms with Gasteiger partial charge in [0.2, 0.25) is 0 Å². The Hall–Kier alpha value is -2.34. The number of allylic oxidation sites excluding steroid dienone is 1. The van der Waals surface area contributed by atoms with E-state index in [2.05, 4.69) is 68.1 Å². The monoisotopic (exact) mass is 326 g/mol. The van der Waals surface area contributed by atoms with E-state index in [0.717, 1.165) is 12.3 Å². The van der Waals surface area contributed by atoms with Crippen molar-refractivity contribution < 1.29 is 0 Å². The van der Waals surface area contributed by atoms with Gasteiger partial charge in [0.1, 0.15) is 0 Å². The minimum Gasteiger partial charge on any atom is -0.103 e. The number of hydrogen-bond acceptors (Lipinski definition) is 0. The van der Waals surface area contributed by atoms with Crippen molar-refractivity contribution in [2.45, 2.75) is 39.0 Å². The molecule has 0 unspecified atom stereocenters. The lowest BCUT2D eigenvalue weighted by Gasteiger charge is -2.22. The molecule has 126 valence electrons. The molecule has 0 heteroatoms. The molecule has 0 N–H and O–H groups in total. The highest BCUT2D eigenvalue weighted by molar-refractivity contribution is 6.23. The molecule has 0 saturated heterocycles. The zero-order chi connectivity index (χ0) is 17.2. The summed E-state index contributed by atoms with van der Waals surface area (Å²) in [4.78, 5) is 0. The smallest absolute Gasteiger partial charge is 0.00239 e. The second-order valence-electron chi connectivity index (χ2n) is 7.28. The lowest BCUT2D eigenvalue weighted by molar-refractivity contribution is 0.307. The molecule has 1 saturated carbocycles. The minimum atomic E-state index is 0.925. The van der Waals surface area contributed by atoms with Gasteiger partial charge in [-0.05, 0) is 50.2 Å². The SMILES string of the molecule is C=CCc1ccc2ccc3cccc4ccc1c2c34.CCC1CCC1. The molecule has 0 radical (unpaired) electrons. The number of rotatable bonds is 3. The maximum absolute atomic E-state index is 3.87. The predicted octanol–water partition coefficient (Wildman–Crippen LogP) is 7.51. The Bertz CT molecular complexity index is 986. The van der Waals surface area contributed by atoms with Gasteiger partial charge in [0.25, 0.3) is 0 Å². The van der Waals surface area contributed by atoms with E-state index < -0.39 is 0 Å². The maximum Gasteiger partial charge on any atom is -0.00239 e. The molecule has 1 aliphatic carbocycles. The summed E-state index contributed by atoms with van der Waals surface area (Å²) in [6.07, 6.45) is 8.84. The van der Waals surface area contributed by atoms with Gasteiger partial charge in [-0.25, -0.2) is 0 Å². The molecule has 0 aromatic heterocycles. The topological polar surface area (TPSA) is 0 Å². The van der Waals surface area contributed by atoms with Gasteiger partial charge in [-0.2, -0.15) is 0 Å². The molecule has 0 spiro atoms. The standard InChI is InChI=1S/C19H14.C6H12/c1-2-4-13-7-8-16-10-9-14-5-3-6-15-11-12-17(13)19(16)18(14)15;1-2-6-4-3-5-6/h2-3,5-12H,1,4H2;6H,2-5H2,1H3. The van der Waals surface area contributed by atoms with Gasteiger partial charge in [0, 0.05) is 0 Å². The van der Waals surface area contributed by atoms with Crippen LogP contribution in [0, 0.1) is 5.92 Å². The third-order valence-electron chi connectivity index (χ3n) is 5.79. The van der Waals surface area contributed by atoms with Crippen LogP contribution in [0.25, 0.3) is 32.3 Å². The first-order valence-electron chi connectivity index (χ1n) is 9.58. The van der Waals surface area contributed by atoms with Crippen LogP contribution in [-0.2, 0) is 6.42 Å². The molecule has 0 heterocycles. The molecule has 5 rings (SSSR count). The highest BCUT2D eigenvalue weighted by Gasteiger charge is 2.13. The van der Waals surface area contributed by atoms with Crippen LogP contribution in [0.15, 0.2) is 67.3 Å². The van der Waals surface area contributed by atoms with Crippen LogP contribution in [-0.4, -0.2) is 0 Å². The summed E-state index contributed by atoms with van der Waals surface area (Å²) in [5.74, 6) is 1.12. The van der Waals surface area contributed by atoms with Crippen LogP contribution in [0.4, 0.5) is 0 Å². The first kappa shape index (κ1) is 16.1. The fourth-order valence-electron chi connectivity index (χ4n) is 4.03. The zero-order valence-corrected chi connectivity index (χ0v) is 15.1. The van der Waals surface area contributed by atoms with E-state index in [1.165, 1.54) is 63.6 Å². The average Bonchev–Trinajstić information content (AvgIpc) is 2.61. The molecule has 0 nitrogen and oxygen atoms in total. The van der Waals surface area contributed by atoms with Gasteiger partial charge >= 0.3 is 0 Å². The second kappa shape index (κ2) is 6.88. The van der Waals surface area contributed by atoms with Crippen LogP contribution in [0.5, 0.6) is 0 Å². The van der Waals surface area contributed by atoms with E-state index in [-0.39, 0.29) is 0 Å². The highest BCUT2D eigenvalue weighted by Crippen LogP contribution is 2.36. The predicted molar refractivity (Wildman–Crippen MR) is 112 cm³/mol. The fraction of sp³-hybridized carbons (Fsp3) is 0.280. The van der Waals surface area contributed by atoms with Crippen LogP contribution in [0.3, 0.4) is 0 Å². The Morgan fingerprint density at radius 3 is 2.08 bits per heavy atom. The van der Waals surface area contributed by atoms with Crippen molar-refractivity contribution in [3.8, 4) is 0 Å². The molecular weight excluding hydrogens is 300 g/mol. The summed E-state index contributed by atoms with van der Waals surface area (Å²) in [7, 11) is 0. The van der Waals surface area contributed by atoms with E-state index in [0.29, 0.717) is 0 Å². The normalized spacial score (nSPS) is 14.4. The van der Waals surface area contributed by atoms with Gasteiger partial charge in [-0.1, -0.05) is 93.3 Å². The van der Waals surface area contributed by atoms with Gasteiger partial charge in [-0.3, -0.25) is 0 Å². The summed E-state index contributed by atoms with van der Waals surface area (Å²) in [5, 5.41) is 8.13. The summed E-state index contributed by atoms with van der Waals surface area (Å²) in [6.45, 7) is 6.15. The Morgan fingerprint density at radius 1 is 0.880 bits per heavy atom. The van der Waals surface area contributed by atoms with Crippen LogP contribution in [0.1, 0.15) is 38.2 Å². The molecule has 4 aromatic carbocycles. The molecular formula is C25H26. The van der Waals surface area contributed by atoms with E-state index in [9.17, 15) is 0 Å². The molecule has 0 atom stereocenters. The van der Waals surface area contributed by atoms with Crippen LogP contribution < -0.4 is 0 Å². The third-order valence-corrected chi connectivity index (χ3v) is 5.79. The molecule has 0 bridgehead atoms. The second-order valence-corrected chi connectivity index (χ2v) is 7.28. The molecule has 25 heavy (non-hydrogen) atoms. The Kier molecular flexibility index (Phi) is 4.44. The first-order valence-corrected chi connectivity index (χ1v) is 9.58. The lowest BCUT2D eigenvalue weighted by Crippen LogP contribution is -2.08. The van der Waals surface area contributed by atoms with Crippen molar-refractivity contribution in [3.05, 3.63) is 72.8 Å². The molecule has 0 aliphatic heterocycles.